The van der Waals surface area contributed by atoms with E-state index in [4.69, 9.17) is 0 Å². The predicted octanol–water partition coefficient (Wildman–Crippen LogP) is 2.93. The van der Waals surface area contributed by atoms with E-state index in [0.717, 1.165) is 50.4 Å². The number of nitrogens with zero attached hydrogens (tertiary/aromatic N) is 6. The topological polar surface area (TPSA) is 109 Å². The van der Waals surface area contributed by atoms with Gasteiger partial charge >= 0.3 is 0 Å². The van der Waals surface area contributed by atoms with E-state index in [1.807, 2.05) is 24.2 Å². The molecule has 1 amide bonds. The summed E-state index contributed by atoms with van der Waals surface area (Å²) in [5.41, 5.74) is 1.65. The molecule has 1 aliphatic heterocycles. The molecule has 160 valence electrons. The summed E-state index contributed by atoms with van der Waals surface area (Å²) in [7, 11) is 1.82. The van der Waals surface area contributed by atoms with Crippen molar-refractivity contribution in [2.45, 2.75) is 25.7 Å². The Kier molecular flexibility index (Phi) is 6.61. The summed E-state index contributed by atoms with van der Waals surface area (Å²) in [6, 6.07) is 5.95. The smallest absolute Gasteiger partial charge is 0.274 e. The highest BCUT2D eigenvalue weighted by Crippen LogP contribution is 2.24. The number of nitrogens with one attached hydrogen (secondary N) is 2. The lowest BCUT2D eigenvalue weighted by atomic mass is 9.90. The Bertz CT molecular complexity index is 1010. The molecule has 0 aromatic carbocycles. The van der Waals surface area contributed by atoms with Crippen LogP contribution >= 0.6 is 0 Å². The fourth-order valence-corrected chi connectivity index (χ4v) is 3.76. The lowest BCUT2D eigenvalue weighted by Gasteiger charge is -2.31. The molecule has 9 heteroatoms. The molecule has 9 nitrogen and oxygen atoms in total. The van der Waals surface area contributed by atoms with Gasteiger partial charge in [0.25, 0.3) is 5.91 Å². The summed E-state index contributed by atoms with van der Waals surface area (Å²) in [6.07, 6.45) is 12.1. The van der Waals surface area contributed by atoms with Gasteiger partial charge in [0.05, 0.1) is 6.20 Å². The second-order valence-electron chi connectivity index (χ2n) is 7.58. The van der Waals surface area contributed by atoms with E-state index in [1.54, 1.807) is 12.4 Å². The molecule has 1 saturated heterocycles. The molecule has 0 atom stereocenters. The molecular formula is C22H26N8O. The van der Waals surface area contributed by atoms with E-state index in [2.05, 4.69) is 47.7 Å². The van der Waals surface area contributed by atoms with Crippen LogP contribution in [-0.4, -0.2) is 55.9 Å². The molecular weight excluding hydrogens is 392 g/mol. The van der Waals surface area contributed by atoms with Crippen LogP contribution in [0.5, 0.6) is 0 Å². The number of pyridine rings is 1. The molecule has 2 N–H and O–H groups in total. The molecule has 31 heavy (non-hydrogen) atoms. The zero-order valence-electron chi connectivity index (χ0n) is 17.5. The first kappa shape index (κ1) is 20.6. The zero-order valence-corrected chi connectivity index (χ0v) is 17.5. The maximum atomic E-state index is 12.5. The molecule has 0 unspecified atom stereocenters. The Morgan fingerprint density at radius 3 is 2.61 bits per heavy atom. The molecule has 3 aromatic rings. The van der Waals surface area contributed by atoms with Crippen molar-refractivity contribution in [3.8, 4) is 0 Å². The third-order valence-corrected chi connectivity index (χ3v) is 5.53. The van der Waals surface area contributed by atoms with Crippen LogP contribution in [0, 0.1) is 5.92 Å². The Labute approximate surface area is 181 Å². The van der Waals surface area contributed by atoms with Crippen LogP contribution in [0.1, 0.15) is 35.3 Å². The summed E-state index contributed by atoms with van der Waals surface area (Å²) >= 11 is 0. The highest BCUT2D eigenvalue weighted by atomic mass is 16.2. The fourth-order valence-electron chi connectivity index (χ4n) is 3.76. The van der Waals surface area contributed by atoms with Gasteiger partial charge in [-0.05, 0) is 49.3 Å². The SMILES string of the molecule is CNc1cc(Nc2cc(CCC3CCN(C(=O)c4cnccn4)CC3)ccn2)ncn1. The Balaban J connectivity index is 1.27. The quantitative estimate of drug-likeness (QED) is 0.603. The number of amides is 1. The molecule has 0 saturated carbocycles. The van der Waals surface area contributed by atoms with Gasteiger partial charge in [0, 0.05) is 44.8 Å². The summed E-state index contributed by atoms with van der Waals surface area (Å²) in [6.45, 7) is 1.54. The minimum atomic E-state index is -0.0254. The Morgan fingerprint density at radius 1 is 1.03 bits per heavy atom. The number of carbonyl (C=O) groups excluding carboxylic acids is 1. The number of rotatable bonds is 7. The molecule has 0 bridgehead atoms. The van der Waals surface area contributed by atoms with Crippen LogP contribution in [-0.2, 0) is 6.42 Å². The summed E-state index contributed by atoms with van der Waals surface area (Å²) in [5.74, 6) is 2.79. The van der Waals surface area contributed by atoms with Crippen LogP contribution in [0.4, 0.5) is 17.5 Å². The van der Waals surface area contributed by atoms with Gasteiger partial charge in [-0.25, -0.2) is 19.9 Å². The average Bonchev–Trinajstić information content (AvgIpc) is 2.83. The summed E-state index contributed by atoms with van der Waals surface area (Å²) in [4.78, 5) is 35.3. The van der Waals surface area contributed by atoms with E-state index < -0.39 is 0 Å². The normalized spacial score (nSPS) is 14.3. The van der Waals surface area contributed by atoms with Gasteiger partial charge in [0.1, 0.15) is 29.5 Å². The van der Waals surface area contributed by atoms with Crippen molar-refractivity contribution in [1.29, 1.82) is 0 Å². The summed E-state index contributed by atoms with van der Waals surface area (Å²) < 4.78 is 0. The van der Waals surface area contributed by atoms with Gasteiger partial charge in [0.2, 0.25) is 0 Å². The average molecular weight is 419 g/mol. The molecule has 0 radical (unpaired) electrons. The van der Waals surface area contributed by atoms with Crippen molar-refractivity contribution >= 4 is 23.4 Å². The number of aryl methyl sites for hydroxylation is 1. The molecule has 4 rings (SSSR count). The van der Waals surface area contributed by atoms with Crippen molar-refractivity contribution in [3.63, 3.8) is 0 Å². The lowest BCUT2D eigenvalue weighted by molar-refractivity contribution is 0.0680. The second-order valence-corrected chi connectivity index (χ2v) is 7.58. The zero-order chi connectivity index (χ0) is 21.5. The number of anilines is 3. The van der Waals surface area contributed by atoms with Crippen LogP contribution in [0.15, 0.2) is 49.3 Å². The van der Waals surface area contributed by atoms with E-state index >= 15 is 0 Å². The molecule has 1 aliphatic rings. The van der Waals surface area contributed by atoms with Crippen molar-refractivity contribution in [2.75, 3.05) is 30.8 Å². The highest BCUT2D eigenvalue weighted by molar-refractivity contribution is 5.92. The number of hydrogen-bond acceptors (Lipinski definition) is 8. The standard InChI is InChI=1S/C22H26N8O/c1-23-19-13-21(28-15-27-19)29-20-12-17(4-7-26-20)3-2-16-5-10-30(11-6-16)22(31)18-14-24-8-9-25-18/h4,7-9,12-16H,2-3,5-6,10-11H2,1H3,(H2,23,26,27,28,29). The molecule has 0 spiro atoms. The van der Waals surface area contributed by atoms with Crippen LogP contribution in [0.3, 0.4) is 0 Å². The largest absolute Gasteiger partial charge is 0.373 e. The molecule has 1 fully saturated rings. The monoisotopic (exact) mass is 418 g/mol. The third kappa shape index (κ3) is 5.50. The first-order chi connectivity index (χ1) is 15.2. The Morgan fingerprint density at radius 2 is 1.84 bits per heavy atom. The van der Waals surface area contributed by atoms with Crippen molar-refractivity contribution in [3.05, 3.63) is 60.6 Å². The van der Waals surface area contributed by atoms with E-state index in [9.17, 15) is 4.79 Å². The molecule has 4 heterocycles. The number of hydrogen-bond donors (Lipinski definition) is 2. The maximum absolute atomic E-state index is 12.5. The van der Waals surface area contributed by atoms with Gasteiger partial charge in [0.15, 0.2) is 0 Å². The number of aromatic nitrogens is 5. The fraction of sp³-hybridized carbons (Fsp3) is 0.364. The number of likely N-dealkylation sites (tertiary alicyclic amines) is 1. The van der Waals surface area contributed by atoms with Crippen LogP contribution in [0.2, 0.25) is 0 Å². The van der Waals surface area contributed by atoms with Gasteiger partial charge in [-0.2, -0.15) is 0 Å². The minimum absolute atomic E-state index is 0.0254. The number of carbonyl (C=O) groups is 1. The predicted molar refractivity (Wildman–Crippen MR) is 118 cm³/mol. The van der Waals surface area contributed by atoms with Crippen LogP contribution in [0.25, 0.3) is 0 Å². The minimum Gasteiger partial charge on any atom is -0.373 e. The summed E-state index contributed by atoms with van der Waals surface area (Å²) in [5, 5.41) is 6.23. The van der Waals surface area contributed by atoms with E-state index in [0.29, 0.717) is 17.4 Å². The van der Waals surface area contributed by atoms with Crippen molar-refractivity contribution < 1.29 is 4.79 Å². The van der Waals surface area contributed by atoms with Crippen molar-refractivity contribution in [1.82, 2.24) is 29.8 Å². The first-order valence-electron chi connectivity index (χ1n) is 10.5. The van der Waals surface area contributed by atoms with Gasteiger partial charge in [-0.1, -0.05) is 0 Å². The Hall–Kier alpha value is -3.62. The third-order valence-electron chi connectivity index (χ3n) is 5.53. The van der Waals surface area contributed by atoms with E-state index in [1.165, 1.54) is 18.1 Å². The van der Waals surface area contributed by atoms with Gasteiger partial charge in [-0.15, -0.1) is 0 Å². The van der Waals surface area contributed by atoms with Gasteiger partial charge < -0.3 is 15.5 Å². The number of piperidine rings is 1. The van der Waals surface area contributed by atoms with Gasteiger partial charge in [-0.3, -0.25) is 9.78 Å². The first-order valence-corrected chi connectivity index (χ1v) is 10.5. The highest BCUT2D eigenvalue weighted by Gasteiger charge is 2.24. The molecule has 0 aliphatic carbocycles. The lowest BCUT2D eigenvalue weighted by Crippen LogP contribution is -2.39. The van der Waals surface area contributed by atoms with Crippen LogP contribution < -0.4 is 10.6 Å². The van der Waals surface area contributed by atoms with E-state index in [-0.39, 0.29) is 5.91 Å². The maximum Gasteiger partial charge on any atom is 0.274 e. The molecule has 3 aromatic heterocycles. The second kappa shape index (κ2) is 9.92. The van der Waals surface area contributed by atoms with Crippen molar-refractivity contribution in [2.24, 2.45) is 5.92 Å².